The fourth-order valence-electron chi connectivity index (χ4n) is 3.20. The predicted octanol–water partition coefficient (Wildman–Crippen LogP) is 2.75. The van der Waals surface area contributed by atoms with Crippen molar-refractivity contribution in [3.05, 3.63) is 48.5 Å². The van der Waals surface area contributed by atoms with Crippen LogP contribution < -0.4 is 5.32 Å². The molecule has 24 heavy (non-hydrogen) atoms. The Morgan fingerprint density at radius 3 is 2.83 bits per heavy atom. The number of nitrogens with zero attached hydrogens (tertiary/aromatic N) is 3. The van der Waals surface area contributed by atoms with Crippen molar-refractivity contribution in [3.8, 4) is 5.69 Å². The summed E-state index contributed by atoms with van der Waals surface area (Å²) in [6, 6.07) is 8.97. The lowest BCUT2D eigenvalue weighted by molar-refractivity contribution is 0.106. The molecule has 1 aromatic carbocycles. The van der Waals surface area contributed by atoms with Crippen LogP contribution in [0.3, 0.4) is 0 Å². The smallest absolute Gasteiger partial charge is 0.409 e. The van der Waals surface area contributed by atoms with Gasteiger partial charge in [-0.1, -0.05) is 12.1 Å². The maximum atomic E-state index is 11.7. The number of likely N-dealkylation sites (tertiary alicyclic amines) is 1. The van der Waals surface area contributed by atoms with Crippen LogP contribution in [-0.2, 0) is 4.74 Å². The van der Waals surface area contributed by atoms with E-state index < -0.39 is 0 Å². The van der Waals surface area contributed by atoms with E-state index in [9.17, 15) is 4.79 Å². The minimum Gasteiger partial charge on any atom is -0.453 e. The molecule has 0 aliphatic carbocycles. The molecule has 128 valence electrons. The molecule has 1 aliphatic heterocycles. The van der Waals surface area contributed by atoms with Crippen molar-refractivity contribution in [2.75, 3.05) is 20.2 Å². The van der Waals surface area contributed by atoms with Crippen molar-refractivity contribution in [2.45, 2.75) is 31.8 Å². The molecule has 1 saturated heterocycles. The molecule has 1 N–H and O–H groups in total. The largest absolute Gasteiger partial charge is 0.453 e. The molecule has 6 heteroatoms. The van der Waals surface area contributed by atoms with Gasteiger partial charge in [-0.3, -0.25) is 0 Å². The Morgan fingerprint density at radius 1 is 1.38 bits per heavy atom. The quantitative estimate of drug-likeness (QED) is 0.937. The van der Waals surface area contributed by atoms with Gasteiger partial charge in [0.15, 0.2) is 0 Å². The minimum atomic E-state index is -0.237. The van der Waals surface area contributed by atoms with Crippen LogP contribution in [0.1, 0.15) is 31.4 Å². The molecule has 0 saturated carbocycles. The van der Waals surface area contributed by atoms with Crippen molar-refractivity contribution >= 4 is 6.09 Å². The fraction of sp³-hybridized carbons (Fsp3) is 0.444. The van der Waals surface area contributed by atoms with Gasteiger partial charge in [0, 0.05) is 43.3 Å². The summed E-state index contributed by atoms with van der Waals surface area (Å²) in [7, 11) is 1.43. The number of hydrogen-bond acceptors (Lipinski definition) is 4. The van der Waals surface area contributed by atoms with Gasteiger partial charge in [0.05, 0.1) is 13.4 Å². The Balaban J connectivity index is 1.60. The van der Waals surface area contributed by atoms with Gasteiger partial charge in [0.2, 0.25) is 0 Å². The SMILES string of the molecule is COC(=O)N1CCC[C@H](N[C@@H](C)c2ccc(-n3ccnc3)cc2)C1. The second-order valence-electron chi connectivity index (χ2n) is 6.21. The number of benzene rings is 1. The number of nitrogens with one attached hydrogen (secondary N) is 1. The van der Waals surface area contributed by atoms with Crippen molar-refractivity contribution in [2.24, 2.45) is 0 Å². The molecule has 2 heterocycles. The summed E-state index contributed by atoms with van der Waals surface area (Å²) in [5, 5.41) is 3.63. The Hall–Kier alpha value is -2.34. The van der Waals surface area contributed by atoms with E-state index in [4.69, 9.17) is 4.74 Å². The zero-order valence-electron chi connectivity index (χ0n) is 14.2. The van der Waals surface area contributed by atoms with Gasteiger partial charge in [-0.25, -0.2) is 9.78 Å². The number of hydrogen-bond donors (Lipinski definition) is 1. The molecule has 1 amide bonds. The molecule has 2 aromatic rings. The van der Waals surface area contributed by atoms with E-state index in [0.717, 1.165) is 25.1 Å². The second kappa shape index (κ2) is 7.49. The van der Waals surface area contributed by atoms with Crippen LogP contribution in [0.15, 0.2) is 43.0 Å². The van der Waals surface area contributed by atoms with E-state index in [1.165, 1.54) is 12.7 Å². The highest BCUT2D eigenvalue weighted by atomic mass is 16.5. The average molecular weight is 328 g/mol. The van der Waals surface area contributed by atoms with Gasteiger partial charge >= 0.3 is 6.09 Å². The first-order valence-electron chi connectivity index (χ1n) is 8.34. The van der Waals surface area contributed by atoms with Gasteiger partial charge in [0.25, 0.3) is 0 Å². The summed E-state index contributed by atoms with van der Waals surface area (Å²) in [6.45, 7) is 3.63. The van der Waals surface area contributed by atoms with Crippen molar-refractivity contribution < 1.29 is 9.53 Å². The standard InChI is InChI=1S/C18H24N4O2/c1-14(20-16-4-3-10-21(12-16)18(23)24-2)15-5-7-17(8-6-15)22-11-9-19-13-22/h5-9,11,13-14,16,20H,3-4,10,12H2,1-2H3/t14-,16-/m0/s1. The summed E-state index contributed by atoms with van der Waals surface area (Å²) in [4.78, 5) is 17.5. The summed E-state index contributed by atoms with van der Waals surface area (Å²) in [5.74, 6) is 0. The Morgan fingerprint density at radius 2 is 2.17 bits per heavy atom. The first-order chi connectivity index (χ1) is 11.7. The zero-order valence-corrected chi connectivity index (χ0v) is 14.2. The van der Waals surface area contributed by atoms with Gasteiger partial charge < -0.3 is 19.5 Å². The number of carbonyl (C=O) groups is 1. The van der Waals surface area contributed by atoms with Crippen LogP contribution in [0.5, 0.6) is 0 Å². The minimum absolute atomic E-state index is 0.226. The lowest BCUT2D eigenvalue weighted by Gasteiger charge is -2.34. The highest BCUT2D eigenvalue weighted by Crippen LogP contribution is 2.19. The van der Waals surface area contributed by atoms with E-state index in [1.54, 1.807) is 17.4 Å². The number of aromatic nitrogens is 2. The molecule has 0 unspecified atom stereocenters. The maximum Gasteiger partial charge on any atom is 0.409 e. The highest BCUT2D eigenvalue weighted by molar-refractivity contribution is 5.67. The molecule has 1 aromatic heterocycles. The third kappa shape index (κ3) is 3.76. The van der Waals surface area contributed by atoms with Gasteiger partial charge in [-0.15, -0.1) is 0 Å². The summed E-state index contributed by atoms with van der Waals surface area (Å²) in [5.41, 5.74) is 2.33. The Labute approximate surface area is 142 Å². The first-order valence-corrected chi connectivity index (χ1v) is 8.34. The highest BCUT2D eigenvalue weighted by Gasteiger charge is 2.25. The molecule has 0 spiro atoms. The summed E-state index contributed by atoms with van der Waals surface area (Å²) in [6.07, 6.45) is 7.33. The lowest BCUT2D eigenvalue weighted by Crippen LogP contribution is -2.48. The first kappa shape index (κ1) is 16.5. The molecule has 1 fully saturated rings. The number of carbonyl (C=O) groups excluding carboxylic acids is 1. The predicted molar refractivity (Wildman–Crippen MR) is 92.1 cm³/mol. The number of methoxy groups -OCH3 is 1. The van der Waals surface area contributed by atoms with E-state index in [1.807, 2.05) is 10.8 Å². The zero-order chi connectivity index (χ0) is 16.9. The number of amides is 1. The summed E-state index contributed by atoms with van der Waals surface area (Å²) < 4.78 is 6.81. The van der Waals surface area contributed by atoms with Crippen LogP contribution in [0.4, 0.5) is 4.79 Å². The van der Waals surface area contributed by atoms with Crippen molar-refractivity contribution in [1.82, 2.24) is 19.8 Å². The van der Waals surface area contributed by atoms with Crippen LogP contribution in [0.2, 0.25) is 0 Å². The van der Waals surface area contributed by atoms with Gasteiger partial charge in [-0.05, 0) is 37.5 Å². The molecule has 1 aliphatic rings. The molecule has 6 nitrogen and oxygen atoms in total. The monoisotopic (exact) mass is 328 g/mol. The number of rotatable bonds is 4. The van der Waals surface area contributed by atoms with Gasteiger partial charge in [0.1, 0.15) is 0 Å². The maximum absolute atomic E-state index is 11.7. The fourth-order valence-corrected chi connectivity index (χ4v) is 3.20. The van der Waals surface area contributed by atoms with Gasteiger partial charge in [-0.2, -0.15) is 0 Å². The van der Waals surface area contributed by atoms with E-state index in [0.29, 0.717) is 12.6 Å². The van der Waals surface area contributed by atoms with Crippen LogP contribution >= 0.6 is 0 Å². The third-order valence-corrected chi connectivity index (χ3v) is 4.54. The topological polar surface area (TPSA) is 59.4 Å². The van der Waals surface area contributed by atoms with Crippen molar-refractivity contribution in [1.29, 1.82) is 0 Å². The molecule has 0 radical (unpaired) electrons. The Kier molecular flexibility index (Phi) is 5.15. The Bertz CT molecular complexity index is 654. The molecule has 2 atom stereocenters. The average Bonchev–Trinajstić information content (AvgIpc) is 3.16. The molecule has 0 bridgehead atoms. The molecule has 3 rings (SSSR count). The summed E-state index contributed by atoms with van der Waals surface area (Å²) >= 11 is 0. The molecular formula is C18H24N4O2. The number of piperidine rings is 1. The molecular weight excluding hydrogens is 304 g/mol. The number of imidazole rings is 1. The van der Waals surface area contributed by atoms with Crippen LogP contribution in [0, 0.1) is 0 Å². The second-order valence-corrected chi connectivity index (χ2v) is 6.21. The van der Waals surface area contributed by atoms with E-state index >= 15 is 0 Å². The lowest BCUT2D eigenvalue weighted by atomic mass is 10.0. The van der Waals surface area contributed by atoms with Crippen LogP contribution in [0.25, 0.3) is 5.69 Å². The normalized spacial score (nSPS) is 19.1. The van der Waals surface area contributed by atoms with Crippen molar-refractivity contribution in [3.63, 3.8) is 0 Å². The van der Waals surface area contributed by atoms with E-state index in [2.05, 4.69) is 41.5 Å². The van der Waals surface area contributed by atoms with Crippen LogP contribution in [-0.4, -0.2) is 46.8 Å². The third-order valence-electron chi connectivity index (χ3n) is 4.54. The van der Waals surface area contributed by atoms with E-state index in [-0.39, 0.29) is 12.1 Å². The number of ether oxygens (including phenoxy) is 1.